The third-order valence-corrected chi connectivity index (χ3v) is 2.28. The molecule has 0 spiro atoms. The molecule has 0 aliphatic carbocycles. The first-order valence-electron chi connectivity index (χ1n) is 4.69. The maximum absolute atomic E-state index is 9.58. The third kappa shape index (κ3) is 3.52. The second-order valence-corrected chi connectivity index (χ2v) is 4.45. The lowest BCUT2D eigenvalue weighted by molar-refractivity contribution is 0.0545. The molecule has 1 aliphatic rings. The lowest BCUT2D eigenvalue weighted by Crippen LogP contribution is -2.46. The molecule has 1 fully saturated rings. The topological polar surface area (TPSA) is 58.3 Å². The molecule has 1 saturated heterocycles. The second kappa shape index (κ2) is 3.73. The Labute approximate surface area is 74.3 Å². The molecule has 0 aromatic heterocycles. The maximum atomic E-state index is 9.58. The van der Waals surface area contributed by atoms with E-state index in [2.05, 4.69) is 5.32 Å². The Bertz CT molecular complexity index is 142. The summed E-state index contributed by atoms with van der Waals surface area (Å²) in [7, 11) is 0. The first kappa shape index (κ1) is 9.96. The highest BCUT2D eigenvalue weighted by Gasteiger charge is 2.24. The molecule has 72 valence electrons. The van der Waals surface area contributed by atoms with Gasteiger partial charge in [0.2, 0.25) is 0 Å². The van der Waals surface area contributed by atoms with Crippen LogP contribution in [0.15, 0.2) is 0 Å². The summed E-state index contributed by atoms with van der Waals surface area (Å²) < 4.78 is 0. The normalized spacial score (nSPS) is 32.0. The zero-order valence-electron chi connectivity index (χ0n) is 8.01. The quantitative estimate of drug-likeness (QED) is 0.559. The lowest BCUT2D eigenvalue weighted by atomic mass is 9.91. The van der Waals surface area contributed by atoms with Crippen LogP contribution in [0.25, 0.3) is 0 Å². The van der Waals surface area contributed by atoms with Crippen molar-refractivity contribution in [2.75, 3.05) is 6.54 Å². The van der Waals surface area contributed by atoms with Crippen LogP contribution in [-0.2, 0) is 0 Å². The number of piperidine rings is 1. The van der Waals surface area contributed by atoms with Gasteiger partial charge in [-0.15, -0.1) is 0 Å². The summed E-state index contributed by atoms with van der Waals surface area (Å²) in [6.07, 6.45) is 2.84. The predicted molar refractivity (Wildman–Crippen MR) is 49.9 cm³/mol. The van der Waals surface area contributed by atoms with Crippen LogP contribution in [0.4, 0.5) is 0 Å². The van der Waals surface area contributed by atoms with E-state index in [4.69, 9.17) is 5.73 Å². The first-order chi connectivity index (χ1) is 5.47. The molecule has 1 rings (SSSR count). The standard InChI is InChI=1S/C9H20N2O/c1-9(2,12)6-8-5-7(10)3-4-11-8/h7-8,11-12H,3-6,10H2,1-2H3. The number of rotatable bonds is 2. The zero-order valence-corrected chi connectivity index (χ0v) is 8.01. The van der Waals surface area contributed by atoms with Gasteiger partial charge in [-0.3, -0.25) is 0 Å². The van der Waals surface area contributed by atoms with Gasteiger partial charge in [0.15, 0.2) is 0 Å². The van der Waals surface area contributed by atoms with E-state index in [1.54, 1.807) is 0 Å². The molecule has 0 aromatic rings. The number of nitrogens with one attached hydrogen (secondary N) is 1. The second-order valence-electron chi connectivity index (χ2n) is 4.45. The van der Waals surface area contributed by atoms with E-state index in [9.17, 15) is 5.11 Å². The van der Waals surface area contributed by atoms with Crippen molar-refractivity contribution in [1.29, 1.82) is 0 Å². The predicted octanol–water partition coefficient (Wildman–Crippen LogP) is 0.227. The molecular weight excluding hydrogens is 152 g/mol. The highest BCUT2D eigenvalue weighted by Crippen LogP contribution is 2.17. The molecule has 2 atom stereocenters. The number of hydrogen-bond donors (Lipinski definition) is 3. The molecule has 1 aliphatic heterocycles. The number of nitrogens with two attached hydrogens (primary N) is 1. The minimum atomic E-state index is -0.575. The Hall–Kier alpha value is -0.120. The Morgan fingerprint density at radius 2 is 2.25 bits per heavy atom. The molecule has 0 saturated carbocycles. The molecule has 0 aromatic carbocycles. The van der Waals surface area contributed by atoms with E-state index < -0.39 is 5.60 Å². The summed E-state index contributed by atoms with van der Waals surface area (Å²) in [4.78, 5) is 0. The van der Waals surface area contributed by atoms with Gasteiger partial charge in [0.1, 0.15) is 0 Å². The van der Waals surface area contributed by atoms with Crippen LogP contribution in [0.1, 0.15) is 33.1 Å². The van der Waals surface area contributed by atoms with E-state index in [1.807, 2.05) is 13.8 Å². The Morgan fingerprint density at radius 3 is 2.75 bits per heavy atom. The van der Waals surface area contributed by atoms with Gasteiger partial charge in [-0.25, -0.2) is 0 Å². The smallest absolute Gasteiger partial charge is 0.0606 e. The number of hydrogen-bond acceptors (Lipinski definition) is 3. The molecule has 3 heteroatoms. The lowest BCUT2D eigenvalue weighted by Gasteiger charge is -2.32. The van der Waals surface area contributed by atoms with Crippen molar-refractivity contribution in [1.82, 2.24) is 5.32 Å². The summed E-state index contributed by atoms with van der Waals surface area (Å²) >= 11 is 0. The van der Waals surface area contributed by atoms with Crippen molar-refractivity contribution in [2.24, 2.45) is 5.73 Å². The number of aliphatic hydroxyl groups is 1. The Morgan fingerprint density at radius 1 is 1.58 bits per heavy atom. The van der Waals surface area contributed by atoms with Crippen LogP contribution in [-0.4, -0.2) is 29.3 Å². The molecule has 0 bridgehead atoms. The molecular formula is C9H20N2O. The molecule has 12 heavy (non-hydrogen) atoms. The fourth-order valence-corrected chi connectivity index (χ4v) is 1.80. The fourth-order valence-electron chi connectivity index (χ4n) is 1.80. The largest absolute Gasteiger partial charge is 0.390 e. The van der Waals surface area contributed by atoms with Crippen LogP contribution in [0.5, 0.6) is 0 Å². The van der Waals surface area contributed by atoms with Gasteiger partial charge in [0.05, 0.1) is 5.60 Å². The summed E-state index contributed by atoms with van der Waals surface area (Å²) in [5.74, 6) is 0. The Kier molecular flexibility index (Phi) is 3.09. The fraction of sp³-hybridized carbons (Fsp3) is 1.00. The summed E-state index contributed by atoms with van der Waals surface area (Å²) in [6.45, 7) is 4.67. The molecule has 4 N–H and O–H groups in total. The van der Waals surface area contributed by atoms with Gasteiger partial charge < -0.3 is 16.2 Å². The van der Waals surface area contributed by atoms with Crippen LogP contribution in [0.3, 0.4) is 0 Å². The van der Waals surface area contributed by atoms with Gasteiger partial charge in [0, 0.05) is 12.1 Å². The molecule has 0 amide bonds. The molecule has 3 nitrogen and oxygen atoms in total. The molecule has 2 unspecified atom stereocenters. The van der Waals surface area contributed by atoms with Crippen molar-refractivity contribution in [3.63, 3.8) is 0 Å². The first-order valence-corrected chi connectivity index (χ1v) is 4.69. The van der Waals surface area contributed by atoms with Crippen LogP contribution in [0, 0.1) is 0 Å². The Balaban J connectivity index is 2.32. The van der Waals surface area contributed by atoms with Gasteiger partial charge in [-0.05, 0) is 39.7 Å². The SMILES string of the molecule is CC(C)(O)CC1CC(N)CCN1. The van der Waals surface area contributed by atoms with Gasteiger partial charge >= 0.3 is 0 Å². The van der Waals surface area contributed by atoms with E-state index in [0.29, 0.717) is 12.1 Å². The highest BCUT2D eigenvalue weighted by atomic mass is 16.3. The van der Waals surface area contributed by atoms with Crippen molar-refractivity contribution < 1.29 is 5.11 Å². The van der Waals surface area contributed by atoms with Crippen molar-refractivity contribution >= 4 is 0 Å². The van der Waals surface area contributed by atoms with Crippen molar-refractivity contribution in [2.45, 2.75) is 50.8 Å². The third-order valence-electron chi connectivity index (χ3n) is 2.28. The minimum absolute atomic E-state index is 0.318. The summed E-state index contributed by atoms with van der Waals surface area (Å²) in [6, 6.07) is 0.715. The minimum Gasteiger partial charge on any atom is -0.390 e. The maximum Gasteiger partial charge on any atom is 0.0606 e. The van der Waals surface area contributed by atoms with E-state index >= 15 is 0 Å². The summed E-state index contributed by atoms with van der Waals surface area (Å²) in [5, 5.41) is 12.9. The monoisotopic (exact) mass is 172 g/mol. The average Bonchev–Trinajstić information content (AvgIpc) is 1.82. The average molecular weight is 172 g/mol. The van der Waals surface area contributed by atoms with E-state index in [1.165, 1.54) is 0 Å². The van der Waals surface area contributed by atoms with Gasteiger partial charge in [-0.2, -0.15) is 0 Å². The van der Waals surface area contributed by atoms with Crippen LogP contribution in [0.2, 0.25) is 0 Å². The van der Waals surface area contributed by atoms with Gasteiger partial charge in [0.25, 0.3) is 0 Å². The van der Waals surface area contributed by atoms with Gasteiger partial charge in [-0.1, -0.05) is 0 Å². The molecule has 1 heterocycles. The van der Waals surface area contributed by atoms with Crippen molar-refractivity contribution in [3.05, 3.63) is 0 Å². The zero-order chi connectivity index (χ0) is 9.19. The highest BCUT2D eigenvalue weighted by molar-refractivity contribution is 4.84. The van der Waals surface area contributed by atoms with E-state index in [-0.39, 0.29) is 0 Å². The van der Waals surface area contributed by atoms with Crippen LogP contribution < -0.4 is 11.1 Å². The van der Waals surface area contributed by atoms with E-state index in [0.717, 1.165) is 25.8 Å². The molecule has 0 radical (unpaired) electrons. The van der Waals surface area contributed by atoms with Crippen LogP contribution >= 0.6 is 0 Å². The van der Waals surface area contributed by atoms with Crippen molar-refractivity contribution in [3.8, 4) is 0 Å². The summed E-state index contributed by atoms with van der Waals surface area (Å²) in [5.41, 5.74) is 5.25.